The lowest BCUT2D eigenvalue weighted by Gasteiger charge is -2.19. The molecule has 0 bridgehead atoms. The number of halogens is 1. The maximum atomic E-state index is 10.0. The van der Waals surface area contributed by atoms with E-state index in [0.29, 0.717) is 6.42 Å². The summed E-state index contributed by atoms with van der Waals surface area (Å²) < 4.78 is 1.92. The maximum Gasteiger partial charge on any atom is 0.128 e. The second-order valence-electron chi connectivity index (χ2n) is 3.08. The van der Waals surface area contributed by atoms with Gasteiger partial charge in [-0.25, -0.2) is 0 Å². The highest BCUT2D eigenvalue weighted by atomic mass is 127. The van der Waals surface area contributed by atoms with Crippen molar-refractivity contribution in [3.63, 3.8) is 0 Å². The summed E-state index contributed by atoms with van der Waals surface area (Å²) in [6.45, 7) is 3.89. The first-order valence-electron chi connectivity index (χ1n) is 4.60. The Labute approximate surface area is 94.8 Å². The molecule has 0 saturated carbocycles. The van der Waals surface area contributed by atoms with Crippen LogP contribution in [0.4, 0.5) is 0 Å². The Morgan fingerprint density at radius 2 is 2.23 bits per heavy atom. The molecular formula is C11H17IO. The molecular weight excluding hydrogens is 275 g/mol. The molecule has 0 radical (unpaired) electrons. The summed E-state index contributed by atoms with van der Waals surface area (Å²) in [5, 5.41) is 10.0. The van der Waals surface area contributed by atoms with E-state index in [4.69, 9.17) is 0 Å². The minimum Gasteiger partial charge on any atom is -0.377 e. The van der Waals surface area contributed by atoms with Gasteiger partial charge in [0.1, 0.15) is 5.60 Å². The number of hydrogen-bond acceptors (Lipinski definition) is 1. The van der Waals surface area contributed by atoms with Crippen LogP contribution >= 0.6 is 22.6 Å². The molecule has 1 N–H and O–H groups in total. The van der Waals surface area contributed by atoms with Crippen molar-refractivity contribution < 1.29 is 5.11 Å². The van der Waals surface area contributed by atoms with Crippen molar-refractivity contribution >= 4 is 22.6 Å². The van der Waals surface area contributed by atoms with Crippen LogP contribution in [0.5, 0.6) is 0 Å². The molecule has 0 aliphatic heterocycles. The fraction of sp³-hybridized carbons (Fsp3) is 0.636. The Kier molecular flexibility index (Phi) is 7.39. The number of unbranched alkanes of at least 4 members (excludes halogenated alkanes) is 1. The molecule has 74 valence electrons. The van der Waals surface area contributed by atoms with Gasteiger partial charge in [0.15, 0.2) is 0 Å². The van der Waals surface area contributed by atoms with Crippen LogP contribution in [0, 0.1) is 11.8 Å². The van der Waals surface area contributed by atoms with E-state index >= 15 is 0 Å². The smallest absolute Gasteiger partial charge is 0.128 e. The summed E-state index contributed by atoms with van der Waals surface area (Å²) in [6.07, 6.45) is 5.49. The fourth-order valence-corrected chi connectivity index (χ4v) is 1.41. The SMILES string of the molecule is CC#CC(O)(C/C=C/I)CCCC. The quantitative estimate of drug-likeness (QED) is 0.609. The van der Waals surface area contributed by atoms with Gasteiger partial charge in [-0.1, -0.05) is 47.9 Å². The van der Waals surface area contributed by atoms with Gasteiger partial charge in [-0.3, -0.25) is 0 Å². The molecule has 0 heterocycles. The predicted molar refractivity (Wildman–Crippen MR) is 65.7 cm³/mol. The summed E-state index contributed by atoms with van der Waals surface area (Å²) in [4.78, 5) is 0. The number of rotatable bonds is 5. The van der Waals surface area contributed by atoms with Crippen LogP contribution in [0.2, 0.25) is 0 Å². The molecule has 2 heteroatoms. The van der Waals surface area contributed by atoms with Crippen LogP contribution in [-0.4, -0.2) is 10.7 Å². The van der Waals surface area contributed by atoms with Gasteiger partial charge >= 0.3 is 0 Å². The van der Waals surface area contributed by atoms with Gasteiger partial charge < -0.3 is 5.11 Å². The van der Waals surface area contributed by atoms with Crippen LogP contribution in [0.3, 0.4) is 0 Å². The lowest BCUT2D eigenvalue weighted by Crippen LogP contribution is -2.25. The van der Waals surface area contributed by atoms with Crippen molar-refractivity contribution in [2.75, 3.05) is 0 Å². The van der Waals surface area contributed by atoms with Crippen LogP contribution in [0.25, 0.3) is 0 Å². The van der Waals surface area contributed by atoms with Gasteiger partial charge in [0.05, 0.1) is 0 Å². The monoisotopic (exact) mass is 292 g/mol. The van der Waals surface area contributed by atoms with Crippen molar-refractivity contribution in [3.8, 4) is 11.8 Å². The van der Waals surface area contributed by atoms with Gasteiger partial charge in [-0.05, 0) is 23.8 Å². The van der Waals surface area contributed by atoms with Gasteiger partial charge in [0.25, 0.3) is 0 Å². The van der Waals surface area contributed by atoms with Crippen LogP contribution in [0.15, 0.2) is 10.2 Å². The van der Waals surface area contributed by atoms with Crippen LogP contribution in [-0.2, 0) is 0 Å². The number of aliphatic hydroxyl groups is 1. The van der Waals surface area contributed by atoms with Crippen LogP contribution in [0.1, 0.15) is 39.5 Å². The second kappa shape index (κ2) is 7.40. The van der Waals surface area contributed by atoms with Crippen molar-refractivity contribution in [1.82, 2.24) is 0 Å². The average molecular weight is 292 g/mol. The topological polar surface area (TPSA) is 20.2 Å². The normalized spacial score (nSPS) is 15.1. The predicted octanol–water partition coefficient (Wildman–Crippen LogP) is 3.27. The minimum absolute atomic E-state index is 0.636. The minimum atomic E-state index is -0.799. The molecule has 0 saturated heterocycles. The first kappa shape index (κ1) is 13.0. The fourth-order valence-electron chi connectivity index (χ4n) is 1.16. The molecule has 0 spiro atoms. The molecule has 0 aliphatic rings. The van der Waals surface area contributed by atoms with Crippen molar-refractivity contribution in [3.05, 3.63) is 10.2 Å². The molecule has 0 amide bonds. The highest BCUT2D eigenvalue weighted by molar-refractivity contribution is 14.1. The van der Waals surface area contributed by atoms with E-state index < -0.39 is 5.60 Å². The molecule has 1 atom stereocenters. The van der Waals surface area contributed by atoms with E-state index in [1.807, 2.05) is 10.2 Å². The summed E-state index contributed by atoms with van der Waals surface area (Å²) in [5.74, 6) is 5.67. The average Bonchev–Trinajstić information content (AvgIpc) is 2.12. The van der Waals surface area contributed by atoms with E-state index in [9.17, 15) is 5.11 Å². The van der Waals surface area contributed by atoms with Gasteiger partial charge in [-0.15, -0.1) is 5.92 Å². The first-order chi connectivity index (χ1) is 6.18. The third kappa shape index (κ3) is 6.11. The van der Waals surface area contributed by atoms with Crippen molar-refractivity contribution in [1.29, 1.82) is 0 Å². The molecule has 0 fully saturated rings. The van der Waals surface area contributed by atoms with Gasteiger partial charge in [0.2, 0.25) is 0 Å². The highest BCUT2D eigenvalue weighted by Crippen LogP contribution is 2.18. The lowest BCUT2D eigenvalue weighted by atomic mass is 9.94. The van der Waals surface area contributed by atoms with E-state index in [0.717, 1.165) is 19.3 Å². The van der Waals surface area contributed by atoms with Gasteiger partial charge in [-0.2, -0.15) is 0 Å². The van der Waals surface area contributed by atoms with E-state index in [1.54, 1.807) is 6.92 Å². The zero-order valence-corrected chi connectivity index (χ0v) is 10.5. The third-order valence-corrected chi connectivity index (χ3v) is 2.35. The highest BCUT2D eigenvalue weighted by Gasteiger charge is 2.21. The molecule has 1 unspecified atom stereocenters. The first-order valence-corrected chi connectivity index (χ1v) is 5.84. The van der Waals surface area contributed by atoms with E-state index in [2.05, 4.69) is 41.4 Å². The molecule has 13 heavy (non-hydrogen) atoms. The molecule has 0 aromatic carbocycles. The molecule has 1 nitrogen and oxygen atoms in total. The Morgan fingerprint density at radius 3 is 2.69 bits per heavy atom. The Bertz CT molecular complexity index is 212. The Balaban J connectivity index is 4.21. The maximum absolute atomic E-state index is 10.0. The lowest BCUT2D eigenvalue weighted by molar-refractivity contribution is 0.0923. The van der Waals surface area contributed by atoms with Crippen molar-refractivity contribution in [2.24, 2.45) is 0 Å². The van der Waals surface area contributed by atoms with E-state index in [-0.39, 0.29) is 0 Å². The molecule has 0 rings (SSSR count). The molecule has 0 aromatic rings. The Hall–Kier alpha value is -0.0100. The van der Waals surface area contributed by atoms with Crippen molar-refractivity contribution in [2.45, 2.75) is 45.1 Å². The standard InChI is InChI=1S/C11H17IO/c1-3-5-8-11(13,7-4-2)9-6-10-12/h6,10,13H,3,5,8-9H2,1-2H3/b10-6+. The second-order valence-corrected chi connectivity index (χ2v) is 3.80. The zero-order valence-electron chi connectivity index (χ0n) is 8.31. The summed E-state index contributed by atoms with van der Waals surface area (Å²) >= 11 is 2.15. The van der Waals surface area contributed by atoms with Gasteiger partial charge in [0, 0.05) is 6.42 Å². The number of hydrogen-bond donors (Lipinski definition) is 1. The van der Waals surface area contributed by atoms with E-state index in [1.165, 1.54) is 0 Å². The molecule has 0 aromatic heterocycles. The summed E-state index contributed by atoms with van der Waals surface area (Å²) in [6, 6.07) is 0. The zero-order chi connectivity index (χ0) is 10.2. The van der Waals surface area contributed by atoms with Crippen LogP contribution < -0.4 is 0 Å². The third-order valence-electron chi connectivity index (χ3n) is 1.85. The molecule has 0 aliphatic carbocycles. The summed E-state index contributed by atoms with van der Waals surface area (Å²) in [7, 11) is 0. The Morgan fingerprint density at radius 1 is 1.54 bits per heavy atom. The summed E-state index contributed by atoms with van der Waals surface area (Å²) in [5.41, 5.74) is -0.799. The largest absolute Gasteiger partial charge is 0.377 e.